The van der Waals surface area contributed by atoms with Gasteiger partial charge in [0.05, 0.1) is 17.4 Å². The molecule has 4 aromatic rings. The molecule has 0 aliphatic heterocycles. The summed E-state index contributed by atoms with van der Waals surface area (Å²) < 4.78 is 1.77. The molecule has 1 fully saturated rings. The minimum Gasteiger partial charge on any atom is -0.326 e. The molecule has 1 aliphatic carbocycles. The summed E-state index contributed by atoms with van der Waals surface area (Å²) in [5, 5.41) is 4.10. The van der Waals surface area contributed by atoms with Crippen LogP contribution in [0.4, 0.5) is 5.69 Å². The summed E-state index contributed by atoms with van der Waals surface area (Å²) in [6.07, 6.45) is 3.14. The number of aromatic nitrogens is 2. The monoisotopic (exact) mass is 457 g/mol. The predicted molar refractivity (Wildman–Crippen MR) is 132 cm³/mol. The summed E-state index contributed by atoms with van der Waals surface area (Å²) in [5.74, 6) is 1.08. The van der Waals surface area contributed by atoms with E-state index >= 15 is 0 Å². The van der Waals surface area contributed by atoms with Gasteiger partial charge in [-0.25, -0.2) is 4.98 Å². The van der Waals surface area contributed by atoms with Gasteiger partial charge in [-0.15, -0.1) is 0 Å². The van der Waals surface area contributed by atoms with Gasteiger partial charge in [-0.1, -0.05) is 54.1 Å². The van der Waals surface area contributed by atoms with E-state index in [1.807, 2.05) is 66.7 Å². The van der Waals surface area contributed by atoms with Gasteiger partial charge in [-0.2, -0.15) is 0 Å². The number of nitrogens with zero attached hydrogens (tertiary/aromatic N) is 2. The highest BCUT2D eigenvalue weighted by Gasteiger charge is 2.29. The molecule has 1 saturated carbocycles. The lowest BCUT2D eigenvalue weighted by molar-refractivity contribution is -0.116. The summed E-state index contributed by atoms with van der Waals surface area (Å²) in [5.41, 5.74) is 3.30. The lowest BCUT2D eigenvalue weighted by Gasteiger charge is -2.14. The third-order valence-electron chi connectivity index (χ3n) is 5.95. The van der Waals surface area contributed by atoms with E-state index in [0.29, 0.717) is 46.9 Å². The zero-order chi connectivity index (χ0) is 22.8. The standard InChI is InChI=1S/C27H24ClN3O2/c28-21-11-6-19(7-12-21)17-31-26(20-9-10-20)30-24-14-13-22(16-23(24)27(31)33)29-25(32)15-8-18-4-2-1-3-5-18/h1-7,11-14,16,20H,8-10,15,17H2,(H,29,32). The molecule has 0 saturated heterocycles. The van der Waals surface area contributed by atoms with Crippen molar-refractivity contribution in [3.05, 3.63) is 105 Å². The van der Waals surface area contributed by atoms with Crippen molar-refractivity contribution < 1.29 is 4.79 Å². The quantitative estimate of drug-likeness (QED) is 0.396. The number of aryl methyl sites for hydroxylation is 1. The third-order valence-corrected chi connectivity index (χ3v) is 6.20. The smallest absolute Gasteiger partial charge is 0.261 e. The van der Waals surface area contributed by atoms with Gasteiger partial charge in [0.25, 0.3) is 5.56 Å². The second-order valence-electron chi connectivity index (χ2n) is 8.53. The molecule has 0 radical (unpaired) electrons. The first kappa shape index (κ1) is 21.4. The molecule has 1 N–H and O–H groups in total. The summed E-state index contributed by atoms with van der Waals surface area (Å²) in [7, 11) is 0. The molecule has 3 aromatic carbocycles. The van der Waals surface area contributed by atoms with E-state index in [-0.39, 0.29) is 11.5 Å². The maximum atomic E-state index is 13.5. The van der Waals surface area contributed by atoms with Crippen molar-refractivity contribution in [2.24, 2.45) is 0 Å². The Hall–Kier alpha value is -3.44. The van der Waals surface area contributed by atoms with Crippen LogP contribution in [0.15, 0.2) is 77.6 Å². The molecule has 33 heavy (non-hydrogen) atoms. The highest BCUT2D eigenvalue weighted by Crippen LogP contribution is 2.39. The Kier molecular flexibility index (Phi) is 5.97. The Morgan fingerprint density at radius 2 is 1.76 bits per heavy atom. The van der Waals surface area contributed by atoms with Crippen LogP contribution in [0.3, 0.4) is 0 Å². The third kappa shape index (κ3) is 4.99. The lowest BCUT2D eigenvalue weighted by atomic mass is 10.1. The fourth-order valence-electron chi connectivity index (χ4n) is 4.02. The van der Waals surface area contributed by atoms with E-state index in [0.717, 1.165) is 29.8 Å². The number of benzene rings is 3. The summed E-state index contributed by atoms with van der Waals surface area (Å²) >= 11 is 6.02. The van der Waals surface area contributed by atoms with E-state index in [1.54, 1.807) is 10.6 Å². The fraction of sp³-hybridized carbons (Fsp3) is 0.222. The van der Waals surface area contributed by atoms with Gasteiger partial charge in [-0.3, -0.25) is 14.2 Å². The van der Waals surface area contributed by atoms with Gasteiger partial charge in [0.15, 0.2) is 0 Å². The Bertz CT molecular complexity index is 1360. The number of hydrogen-bond acceptors (Lipinski definition) is 3. The number of anilines is 1. The van der Waals surface area contributed by atoms with Crippen LogP contribution in [0.1, 0.15) is 42.1 Å². The van der Waals surface area contributed by atoms with Crippen molar-refractivity contribution in [1.29, 1.82) is 0 Å². The maximum absolute atomic E-state index is 13.5. The molecular formula is C27H24ClN3O2. The minimum atomic E-state index is -0.0859. The molecule has 0 bridgehead atoms. The highest BCUT2D eigenvalue weighted by atomic mass is 35.5. The number of hydrogen-bond donors (Lipinski definition) is 1. The van der Waals surface area contributed by atoms with Crippen molar-refractivity contribution in [3.63, 3.8) is 0 Å². The van der Waals surface area contributed by atoms with Gasteiger partial charge in [0.1, 0.15) is 5.82 Å². The summed E-state index contributed by atoms with van der Waals surface area (Å²) in [6.45, 7) is 0.443. The summed E-state index contributed by atoms with van der Waals surface area (Å²) in [6, 6.07) is 22.8. The van der Waals surface area contributed by atoms with Crippen LogP contribution in [-0.2, 0) is 17.8 Å². The second kappa shape index (κ2) is 9.20. The van der Waals surface area contributed by atoms with Crippen molar-refractivity contribution in [1.82, 2.24) is 9.55 Å². The Morgan fingerprint density at radius 3 is 2.48 bits per heavy atom. The zero-order valence-electron chi connectivity index (χ0n) is 18.1. The van der Waals surface area contributed by atoms with Crippen molar-refractivity contribution in [2.75, 3.05) is 5.32 Å². The molecule has 0 unspecified atom stereocenters. The molecule has 0 spiro atoms. The molecule has 1 aliphatic rings. The topological polar surface area (TPSA) is 64.0 Å². The van der Waals surface area contributed by atoms with Crippen molar-refractivity contribution >= 4 is 34.1 Å². The number of rotatable bonds is 7. The van der Waals surface area contributed by atoms with E-state index in [9.17, 15) is 9.59 Å². The molecule has 5 rings (SSSR count). The van der Waals surface area contributed by atoms with E-state index in [2.05, 4.69) is 5.32 Å². The number of halogens is 1. The lowest BCUT2D eigenvalue weighted by Crippen LogP contribution is -2.26. The second-order valence-corrected chi connectivity index (χ2v) is 8.96. The van der Waals surface area contributed by atoms with Gasteiger partial charge in [0, 0.05) is 23.0 Å². The van der Waals surface area contributed by atoms with Crippen LogP contribution >= 0.6 is 11.6 Å². The zero-order valence-corrected chi connectivity index (χ0v) is 18.9. The molecule has 1 heterocycles. The number of carbonyl (C=O) groups excluding carboxylic acids is 1. The Balaban J connectivity index is 1.41. The minimum absolute atomic E-state index is 0.0812. The number of amides is 1. The summed E-state index contributed by atoms with van der Waals surface area (Å²) in [4.78, 5) is 30.8. The van der Waals surface area contributed by atoms with Crippen LogP contribution in [0, 0.1) is 0 Å². The molecule has 166 valence electrons. The van der Waals surface area contributed by atoms with E-state index in [4.69, 9.17) is 16.6 Å². The van der Waals surface area contributed by atoms with E-state index < -0.39 is 0 Å². The predicted octanol–water partition coefficient (Wildman–Crippen LogP) is 5.55. The van der Waals surface area contributed by atoms with Crippen molar-refractivity contribution in [3.8, 4) is 0 Å². The van der Waals surface area contributed by atoms with Crippen LogP contribution < -0.4 is 10.9 Å². The molecular weight excluding hydrogens is 434 g/mol. The normalized spacial score (nSPS) is 13.2. The first-order valence-electron chi connectivity index (χ1n) is 11.2. The Morgan fingerprint density at radius 1 is 1.00 bits per heavy atom. The van der Waals surface area contributed by atoms with E-state index in [1.165, 1.54) is 0 Å². The van der Waals surface area contributed by atoms with Gasteiger partial charge >= 0.3 is 0 Å². The van der Waals surface area contributed by atoms with Gasteiger partial charge < -0.3 is 5.32 Å². The first-order valence-corrected chi connectivity index (χ1v) is 11.6. The number of fused-ring (bicyclic) bond motifs is 1. The van der Waals surface area contributed by atoms with Gasteiger partial charge in [-0.05, 0) is 60.7 Å². The SMILES string of the molecule is O=C(CCc1ccccc1)Nc1ccc2nc(C3CC3)n(Cc3ccc(Cl)cc3)c(=O)c2c1. The molecule has 0 atom stereocenters. The van der Waals surface area contributed by atoms with Crippen LogP contribution in [0.25, 0.3) is 10.9 Å². The van der Waals surface area contributed by atoms with Crippen molar-refractivity contribution in [2.45, 2.75) is 38.1 Å². The first-order chi connectivity index (χ1) is 16.1. The Labute approximate surface area is 197 Å². The number of carbonyl (C=O) groups is 1. The maximum Gasteiger partial charge on any atom is 0.261 e. The largest absolute Gasteiger partial charge is 0.326 e. The van der Waals surface area contributed by atoms with Gasteiger partial charge in [0.2, 0.25) is 5.91 Å². The molecule has 5 nitrogen and oxygen atoms in total. The average molecular weight is 458 g/mol. The molecule has 1 amide bonds. The van der Waals surface area contributed by atoms with Crippen LogP contribution in [0.2, 0.25) is 5.02 Å². The highest BCUT2D eigenvalue weighted by molar-refractivity contribution is 6.30. The number of nitrogens with one attached hydrogen (secondary N) is 1. The van der Waals surface area contributed by atoms with Crippen LogP contribution in [-0.4, -0.2) is 15.5 Å². The van der Waals surface area contributed by atoms with Crippen LogP contribution in [0.5, 0.6) is 0 Å². The fourth-order valence-corrected chi connectivity index (χ4v) is 4.15. The molecule has 1 aromatic heterocycles. The molecule has 6 heteroatoms. The average Bonchev–Trinajstić information content (AvgIpc) is 3.67.